The molecule has 1 fully saturated rings. The molecular weight excluding hydrogens is 226 g/mol. The topological polar surface area (TPSA) is 49.3 Å². The number of hydrogen-bond acceptors (Lipinski definition) is 2. The van der Waals surface area contributed by atoms with E-state index in [0.29, 0.717) is 0 Å². The maximum absolute atomic E-state index is 12.1. The van der Waals surface area contributed by atoms with Gasteiger partial charge in [0, 0.05) is 5.92 Å². The molecular formula is C15H21NO2. The van der Waals surface area contributed by atoms with Gasteiger partial charge in [0.25, 0.3) is 0 Å². The molecule has 0 aliphatic heterocycles. The summed E-state index contributed by atoms with van der Waals surface area (Å²) < 4.78 is 0. The highest BCUT2D eigenvalue weighted by atomic mass is 16.3. The van der Waals surface area contributed by atoms with E-state index in [1.54, 1.807) is 0 Å². The summed E-state index contributed by atoms with van der Waals surface area (Å²) in [6, 6.07) is 9.36. The molecule has 18 heavy (non-hydrogen) atoms. The van der Waals surface area contributed by atoms with Gasteiger partial charge in [0.1, 0.15) is 0 Å². The lowest BCUT2D eigenvalue weighted by Crippen LogP contribution is -2.36. The van der Waals surface area contributed by atoms with Crippen LogP contribution in [-0.2, 0) is 4.79 Å². The molecule has 98 valence electrons. The van der Waals surface area contributed by atoms with Gasteiger partial charge >= 0.3 is 0 Å². The average Bonchev–Trinajstić information content (AvgIpc) is 2.46. The Morgan fingerprint density at radius 3 is 2.50 bits per heavy atom. The first kappa shape index (κ1) is 13.1. The number of aliphatic hydroxyl groups excluding tert-OH is 1. The molecule has 1 aromatic rings. The summed E-state index contributed by atoms with van der Waals surface area (Å²) >= 11 is 0. The number of aliphatic hydroxyl groups is 1. The summed E-state index contributed by atoms with van der Waals surface area (Å²) in [5.74, 6) is 0.231. The van der Waals surface area contributed by atoms with Crippen LogP contribution in [0.25, 0.3) is 0 Å². The molecule has 0 spiro atoms. The zero-order chi connectivity index (χ0) is 12.8. The SMILES string of the molecule is O=C(NC(CO)c1ccccc1)C1CCCCC1. The Morgan fingerprint density at radius 2 is 1.89 bits per heavy atom. The van der Waals surface area contributed by atoms with Crippen molar-refractivity contribution in [1.29, 1.82) is 0 Å². The summed E-state index contributed by atoms with van der Waals surface area (Å²) in [6.07, 6.45) is 5.50. The molecule has 0 radical (unpaired) electrons. The van der Waals surface area contributed by atoms with Crippen molar-refractivity contribution < 1.29 is 9.90 Å². The minimum Gasteiger partial charge on any atom is -0.394 e. The zero-order valence-electron chi connectivity index (χ0n) is 10.6. The predicted molar refractivity (Wildman–Crippen MR) is 71.0 cm³/mol. The van der Waals surface area contributed by atoms with Crippen molar-refractivity contribution in [3.8, 4) is 0 Å². The van der Waals surface area contributed by atoms with E-state index in [1.165, 1.54) is 6.42 Å². The van der Waals surface area contributed by atoms with Gasteiger partial charge in [-0.15, -0.1) is 0 Å². The molecule has 1 aliphatic carbocycles. The monoisotopic (exact) mass is 247 g/mol. The van der Waals surface area contributed by atoms with Crippen LogP contribution in [0.4, 0.5) is 0 Å². The summed E-state index contributed by atoms with van der Waals surface area (Å²) in [4.78, 5) is 12.1. The van der Waals surface area contributed by atoms with Crippen LogP contribution < -0.4 is 5.32 Å². The lowest BCUT2D eigenvalue weighted by Gasteiger charge is -2.24. The Balaban J connectivity index is 1.95. The summed E-state index contributed by atoms with van der Waals surface area (Å²) in [5, 5.41) is 12.4. The van der Waals surface area contributed by atoms with Crippen molar-refractivity contribution in [2.75, 3.05) is 6.61 Å². The van der Waals surface area contributed by atoms with E-state index in [4.69, 9.17) is 0 Å². The van der Waals surface area contributed by atoms with Gasteiger partial charge in [-0.3, -0.25) is 4.79 Å². The highest BCUT2D eigenvalue weighted by Crippen LogP contribution is 2.24. The Labute approximate surface area is 108 Å². The second kappa shape index (κ2) is 6.55. The van der Waals surface area contributed by atoms with Crippen molar-refractivity contribution >= 4 is 5.91 Å². The van der Waals surface area contributed by atoms with Gasteiger partial charge in [-0.05, 0) is 18.4 Å². The van der Waals surface area contributed by atoms with Crippen LogP contribution in [0.5, 0.6) is 0 Å². The highest BCUT2D eigenvalue weighted by molar-refractivity contribution is 5.79. The van der Waals surface area contributed by atoms with Crippen molar-refractivity contribution in [2.24, 2.45) is 5.92 Å². The maximum Gasteiger partial charge on any atom is 0.223 e. The molecule has 1 unspecified atom stereocenters. The predicted octanol–water partition coefficient (Wildman–Crippen LogP) is 2.42. The normalized spacial score (nSPS) is 18.3. The molecule has 1 atom stereocenters. The summed E-state index contributed by atoms with van der Waals surface area (Å²) in [6.45, 7) is -0.0531. The second-order valence-corrected chi connectivity index (χ2v) is 4.99. The first-order valence-electron chi connectivity index (χ1n) is 6.77. The molecule has 1 amide bonds. The molecule has 2 rings (SSSR count). The van der Waals surface area contributed by atoms with E-state index in [0.717, 1.165) is 31.2 Å². The van der Waals surface area contributed by atoms with Crippen molar-refractivity contribution in [3.05, 3.63) is 35.9 Å². The number of carbonyl (C=O) groups excluding carboxylic acids is 1. The van der Waals surface area contributed by atoms with Gasteiger partial charge in [0.05, 0.1) is 12.6 Å². The van der Waals surface area contributed by atoms with E-state index in [2.05, 4.69) is 5.32 Å². The third kappa shape index (κ3) is 3.33. The van der Waals surface area contributed by atoms with Crippen molar-refractivity contribution in [2.45, 2.75) is 38.1 Å². The Hall–Kier alpha value is -1.35. The fourth-order valence-electron chi connectivity index (χ4n) is 2.57. The minimum absolute atomic E-state index is 0.0531. The lowest BCUT2D eigenvalue weighted by molar-refractivity contribution is -0.127. The van der Waals surface area contributed by atoms with Crippen molar-refractivity contribution in [3.63, 3.8) is 0 Å². The van der Waals surface area contributed by atoms with E-state index >= 15 is 0 Å². The number of nitrogens with one attached hydrogen (secondary N) is 1. The number of carbonyl (C=O) groups is 1. The van der Waals surface area contributed by atoms with Crippen LogP contribution in [0, 0.1) is 5.92 Å². The van der Waals surface area contributed by atoms with Crippen LogP contribution in [0.2, 0.25) is 0 Å². The molecule has 1 aromatic carbocycles. The van der Waals surface area contributed by atoms with Crippen LogP contribution in [0.1, 0.15) is 43.7 Å². The first-order chi connectivity index (χ1) is 8.81. The zero-order valence-corrected chi connectivity index (χ0v) is 10.6. The Bertz CT molecular complexity index is 371. The number of rotatable bonds is 4. The van der Waals surface area contributed by atoms with Gasteiger partial charge in [-0.1, -0.05) is 49.6 Å². The van der Waals surface area contributed by atoms with Crippen LogP contribution in [0.15, 0.2) is 30.3 Å². The summed E-state index contributed by atoms with van der Waals surface area (Å²) in [7, 11) is 0. The van der Waals surface area contributed by atoms with Crippen LogP contribution in [-0.4, -0.2) is 17.6 Å². The fraction of sp³-hybridized carbons (Fsp3) is 0.533. The Morgan fingerprint density at radius 1 is 1.22 bits per heavy atom. The van der Waals surface area contributed by atoms with E-state index in [-0.39, 0.29) is 24.5 Å². The smallest absolute Gasteiger partial charge is 0.223 e. The third-order valence-electron chi connectivity index (χ3n) is 3.68. The fourth-order valence-corrected chi connectivity index (χ4v) is 2.57. The third-order valence-corrected chi connectivity index (χ3v) is 3.68. The molecule has 1 saturated carbocycles. The van der Waals surface area contributed by atoms with E-state index in [1.807, 2.05) is 30.3 Å². The van der Waals surface area contributed by atoms with Gasteiger partial charge in [-0.25, -0.2) is 0 Å². The number of amides is 1. The largest absolute Gasteiger partial charge is 0.394 e. The maximum atomic E-state index is 12.1. The van der Waals surface area contributed by atoms with Gasteiger partial charge in [-0.2, -0.15) is 0 Å². The Kier molecular flexibility index (Phi) is 4.76. The molecule has 0 saturated heterocycles. The van der Waals surface area contributed by atoms with E-state index in [9.17, 15) is 9.90 Å². The lowest BCUT2D eigenvalue weighted by atomic mass is 9.88. The summed E-state index contributed by atoms with van der Waals surface area (Å²) in [5.41, 5.74) is 0.962. The van der Waals surface area contributed by atoms with Gasteiger partial charge < -0.3 is 10.4 Å². The average molecular weight is 247 g/mol. The quantitative estimate of drug-likeness (QED) is 0.858. The standard InChI is InChI=1S/C15H21NO2/c17-11-14(12-7-3-1-4-8-12)16-15(18)13-9-5-2-6-10-13/h1,3-4,7-8,13-14,17H,2,5-6,9-11H2,(H,16,18). The minimum atomic E-state index is -0.277. The molecule has 1 aliphatic rings. The molecule has 3 heteroatoms. The molecule has 0 aromatic heterocycles. The van der Waals surface area contributed by atoms with Gasteiger partial charge in [0.15, 0.2) is 0 Å². The van der Waals surface area contributed by atoms with E-state index < -0.39 is 0 Å². The molecule has 2 N–H and O–H groups in total. The first-order valence-corrected chi connectivity index (χ1v) is 6.77. The number of hydrogen-bond donors (Lipinski definition) is 2. The van der Waals surface area contributed by atoms with Gasteiger partial charge in [0.2, 0.25) is 5.91 Å². The highest BCUT2D eigenvalue weighted by Gasteiger charge is 2.23. The van der Waals surface area contributed by atoms with Crippen molar-refractivity contribution in [1.82, 2.24) is 5.32 Å². The second-order valence-electron chi connectivity index (χ2n) is 4.99. The molecule has 3 nitrogen and oxygen atoms in total. The van der Waals surface area contributed by atoms with Crippen LogP contribution >= 0.6 is 0 Å². The van der Waals surface area contributed by atoms with Crippen LogP contribution in [0.3, 0.4) is 0 Å². The number of benzene rings is 1. The molecule has 0 heterocycles. The molecule has 0 bridgehead atoms.